The summed E-state index contributed by atoms with van der Waals surface area (Å²) in [6.45, 7) is 5.55. The largest absolute Gasteiger partial charge is 0.489 e. The molecule has 3 heteroatoms. The molecular weight excluding hydrogens is 284 g/mol. The first kappa shape index (κ1) is 14.3. The van der Waals surface area contributed by atoms with Crippen LogP contribution in [0.5, 0.6) is 11.5 Å². The molecule has 0 spiro atoms. The van der Waals surface area contributed by atoms with Gasteiger partial charge in [-0.05, 0) is 30.2 Å². The molecule has 3 rings (SSSR count). The molecule has 0 saturated heterocycles. The fourth-order valence-electron chi connectivity index (χ4n) is 2.35. The van der Waals surface area contributed by atoms with E-state index in [1.54, 1.807) is 0 Å². The summed E-state index contributed by atoms with van der Waals surface area (Å²) in [5.41, 5.74) is 3.35. The molecule has 0 bridgehead atoms. The number of alkyl halides is 1. The van der Waals surface area contributed by atoms with Gasteiger partial charge in [0.1, 0.15) is 0 Å². The normalized spacial score (nSPS) is 18.9. The number of hydrogen-bond donors (Lipinski definition) is 0. The lowest BCUT2D eigenvalue weighted by Gasteiger charge is -2.14. The molecule has 0 fully saturated rings. The van der Waals surface area contributed by atoms with E-state index in [1.807, 2.05) is 18.2 Å². The SMILES string of the molecule is Cc1ccc(C(Cl)c2ccc3c(c2)OCC(C)CO3)cc1. The van der Waals surface area contributed by atoms with Crippen LogP contribution in [0.1, 0.15) is 29.0 Å². The van der Waals surface area contributed by atoms with Crippen LogP contribution in [0, 0.1) is 12.8 Å². The summed E-state index contributed by atoms with van der Waals surface area (Å²) in [4.78, 5) is 0. The molecular formula is C18H19ClO2. The molecule has 0 radical (unpaired) electrons. The van der Waals surface area contributed by atoms with Crippen LogP contribution >= 0.6 is 11.6 Å². The fourth-order valence-corrected chi connectivity index (χ4v) is 2.64. The molecule has 2 nitrogen and oxygen atoms in total. The van der Waals surface area contributed by atoms with Crippen molar-refractivity contribution >= 4 is 11.6 Å². The molecule has 0 amide bonds. The molecule has 0 aromatic heterocycles. The van der Waals surface area contributed by atoms with E-state index in [2.05, 4.69) is 38.1 Å². The van der Waals surface area contributed by atoms with E-state index in [4.69, 9.17) is 21.1 Å². The van der Waals surface area contributed by atoms with Gasteiger partial charge in [-0.25, -0.2) is 0 Å². The first-order valence-electron chi connectivity index (χ1n) is 7.23. The van der Waals surface area contributed by atoms with Crippen molar-refractivity contribution in [1.29, 1.82) is 0 Å². The van der Waals surface area contributed by atoms with Crippen molar-refractivity contribution in [3.8, 4) is 11.5 Å². The zero-order valence-electron chi connectivity index (χ0n) is 12.3. The minimum atomic E-state index is -0.180. The van der Waals surface area contributed by atoms with Gasteiger partial charge in [0, 0.05) is 5.92 Å². The van der Waals surface area contributed by atoms with E-state index in [0.29, 0.717) is 19.1 Å². The number of hydrogen-bond acceptors (Lipinski definition) is 2. The van der Waals surface area contributed by atoms with Gasteiger partial charge >= 0.3 is 0 Å². The van der Waals surface area contributed by atoms with E-state index in [-0.39, 0.29) is 5.38 Å². The summed E-state index contributed by atoms with van der Waals surface area (Å²) in [5.74, 6) is 1.98. The van der Waals surface area contributed by atoms with E-state index >= 15 is 0 Å². The van der Waals surface area contributed by atoms with Crippen molar-refractivity contribution in [2.75, 3.05) is 13.2 Å². The third kappa shape index (κ3) is 3.16. The van der Waals surface area contributed by atoms with Crippen LogP contribution in [0.25, 0.3) is 0 Å². The quantitative estimate of drug-likeness (QED) is 0.747. The lowest BCUT2D eigenvalue weighted by atomic mass is 10.0. The molecule has 1 heterocycles. The summed E-state index contributed by atoms with van der Waals surface area (Å²) in [7, 11) is 0. The van der Waals surface area contributed by atoms with Crippen LogP contribution < -0.4 is 9.47 Å². The van der Waals surface area contributed by atoms with E-state index in [9.17, 15) is 0 Å². The topological polar surface area (TPSA) is 18.5 Å². The van der Waals surface area contributed by atoms with Gasteiger partial charge in [-0.15, -0.1) is 11.6 Å². The molecule has 2 unspecified atom stereocenters. The predicted octanol–water partition coefficient (Wildman–Crippen LogP) is 4.73. The number of aryl methyl sites for hydroxylation is 1. The van der Waals surface area contributed by atoms with Gasteiger partial charge in [0.25, 0.3) is 0 Å². The Kier molecular flexibility index (Phi) is 4.07. The highest BCUT2D eigenvalue weighted by atomic mass is 35.5. The maximum absolute atomic E-state index is 6.60. The van der Waals surface area contributed by atoms with Crippen LogP contribution in [0.2, 0.25) is 0 Å². The monoisotopic (exact) mass is 302 g/mol. The lowest BCUT2D eigenvalue weighted by molar-refractivity contribution is 0.228. The van der Waals surface area contributed by atoms with Gasteiger partial charge < -0.3 is 9.47 Å². The number of halogens is 1. The minimum Gasteiger partial charge on any atom is -0.489 e. The number of rotatable bonds is 2. The average Bonchev–Trinajstić information content (AvgIpc) is 2.69. The van der Waals surface area contributed by atoms with Crippen molar-refractivity contribution in [3.63, 3.8) is 0 Å². The summed E-state index contributed by atoms with van der Waals surface area (Å²) in [6.07, 6.45) is 0. The first-order chi connectivity index (χ1) is 10.1. The van der Waals surface area contributed by atoms with Crippen molar-refractivity contribution in [2.45, 2.75) is 19.2 Å². The van der Waals surface area contributed by atoms with Crippen molar-refractivity contribution < 1.29 is 9.47 Å². The highest BCUT2D eigenvalue weighted by Crippen LogP contribution is 2.37. The standard InChI is InChI=1S/C18H19ClO2/c1-12-3-5-14(6-4-12)18(19)15-7-8-16-17(9-15)21-11-13(2)10-20-16/h3-9,13,18H,10-11H2,1-2H3. The molecule has 2 aromatic carbocycles. The zero-order chi connectivity index (χ0) is 14.8. The Morgan fingerprint density at radius 2 is 1.57 bits per heavy atom. The van der Waals surface area contributed by atoms with Gasteiger partial charge in [0.15, 0.2) is 11.5 Å². The Morgan fingerprint density at radius 3 is 2.29 bits per heavy atom. The lowest BCUT2D eigenvalue weighted by Crippen LogP contribution is -2.12. The molecule has 1 aliphatic rings. The molecule has 0 N–H and O–H groups in total. The van der Waals surface area contributed by atoms with Crippen LogP contribution in [-0.4, -0.2) is 13.2 Å². The van der Waals surface area contributed by atoms with Crippen LogP contribution in [0.4, 0.5) is 0 Å². The second kappa shape index (κ2) is 5.98. The smallest absolute Gasteiger partial charge is 0.161 e. The number of fused-ring (bicyclic) bond motifs is 1. The van der Waals surface area contributed by atoms with Crippen molar-refractivity contribution in [2.24, 2.45) is 5.92 Å². The molecule has 0 saturated carbocycles. The molecule has 21 heavy (non-hydrogen) atoms. The minimum absolute atomic E-state index is 0.180. The summed E-state index contributed by atoms with van der Waals surface area (Å²) in [6, 6.07) is 14.2. The zero-order valence-corrected chi connectivity index (χ0v) is 13.1. The highest BCUT2D eigenvalue weighted by molar-refractivity contribution is 6.22. The predicted molar refractivity (Wildman–Crippen MR) is 85.5 cm³/mol. The third-order valence-electron chi connectivity index (χ3n) is 3.68. The maximum atomic E-state index is 6.60. The second-order valence-electron chi connectivity index (χ2n) is 5.71. The van der Waals surface area contributed by atoms with Crippen LogP contribution in [0.15, 0.2) is 42.5 Å². The molecule has 0 aliphatic carbocycles. The summed E-state index contributed by atoms with van der Waals surface area (Å²) >= 11 is 6.60. The Bertz CT molecular complexity index is 622. The first-order valence-corrected chi connectivity index (χ1v) is 7.67. The molecule has 2 aromatic rings. The van der Waals surface area contributed by atoms with Gasteiger partial charge in [0.05, 0.1) is 18.6 Å². The third-order valence-corrected chi connectivity index (χ3v) is 4.18. The maximum Gasteiger partial charge on any atom is 0.161 e. The molecule has 1 aliphatic heterocycles. The highest BCUT2D eigenvalue weighted by Gasteiger charge is 2.18. The molecule has 110 valence electrons. The van der Waals surface area contributed by atoms with E-state index in [0.717, 1.165) is 22.6 Å². The van der Waals surface area contributed by atoms with Gasteiger partial charge in [-0.1, -0.05) is 42.8 Å². The summed E-state index contributed by atoms with van der Waals surface area (Å²) < 4.78 is 11.6. The van der Waals surface area contributed by atoms with Crippen LogP contribution in [-0.2, 0) is 0 Å². The van der Waals surface area contributed by atoms with Gasteiger partial charge in [0.2, 0.25) is 0 Å². The van der Waals surface area contributed by atoms with Crippen LogP contribution in [0.3, 0.4) is 0 Å². The second-order valence-corrected chi connectivity index (χ2v) is 6.14. The Labute approximate surface area is 130 Å². The Balaban J connectivity index is 1.88. The average molecular weight is 303 g/mol. The number of ether oxygens (including phenoxy) is 2. The fraction of sp³-hybridized carbons (Fsp3) is 0.333. The van der Waals surface area contributed by atoms with E-state index in [1.165, 1.54) is 5.56 Å². The number of benzene rings is 2. The van der Waals surface area contributed by atoms with Crippen molar-refractivity contribution in [1.82, 2.24) is 0 Å². The summed E-state index contributed by atoms with van der Waals surface area (Å²) in [5, 5.41) is -0.180. The van der Waals surface area contributed by atoms with Gasteiger partial charge in [-0.3, -0.25) is 0 Å². The van der Waals surface area contributed by atoms with Gasteiger partial charge in [-0.2, -0.15) is 0 Å². The van der Waals surface area contributed by atoms with Crippen molar-refractivity contribution in [3.05, 3.63) is 59.2 Å². The molecule has 2 atom stereocenters. The Hall–Kier alpha value is -1.67. The van der Waals surface area contributed by atoms with E-state index < -0.39 is 0 Å². The Morgan fingerprint density at radius 1 is 0.952 bits per heavy atom.